The summed E-state index contributed by atoms with van der Waals surface area (Å²) in [7, 11) is 3.89. The zero-order valence-electron chi connectivity index (χ0n) is 22.3. The summed E-state index contributed by atoms with van der Waals surface area (Å²) in [6.45, 7) is 6.80. The van der Waals surface area contributed by atoms with Gasteiger partial charge in [0, 0.05) is 24.7 Å². The van der Waals surface area contributed by atoms with Crippen molar-refractivity contribution in [2.75, 3.05) is 43.1 Å². The number of pyridine rings is 1. The number of likely N-dealkylation sites (N-methyl/N-ethyl adjacent to an activating group) is 1. The number of rotatable bonds is 9. The van der Waals surface area contributed by atoms with Crippen LogP contribution in [-0.2, 0) is 11.3 Å². The van der Waals surface area contributed by atoms with Crippen LogP contribution in [-0.4, -0.2) is 65.6 Å². The molecular formula is C27H34N6O4S. The molecule has 0 saturated carbocycles. The molecule has 0 spiro atoms. The van der Waals surface area contributed by atoms with Crippen molar-refractivity contribution < 1.29 is 19.1 Å². The van der Waals surface area contributed by atoms with E-state index in [0.29, 0.717) is 35.7 Å². The molecule has 3 rings (SSSR count). The third-order valence-corrected chi connectivity index (χ3v) is 5.81. The summed E-state index contributed by atoms with van der Waals surface area (Å²) in [5.41, 5.74) is 1.91. The monoisotopic (exact) mass is 538 g/mol. The van der Waals surface area contributed by atoms with Crippen molar-refractivity contribution in [1.29, 1.82) is 0 Å². The van der Waals surface area contributed by atoms with E-state index in [1.165, 1.54) is 17.5 Å². The van der Waals surface area contributed by atoms with Crippen LogP contribution >= 0.6 is 11.3 Å². The molecule has 2 aromatic heterocycles. The minimum atomic E-state index is -0.650. The summed E-state index contributed by atoms with van der Waals surface area (Å²) >= 11 is 1.51. The van der Waals surface area contributed by atoms with Crippen LogP contribution in [0.15, 0.2) is 59.4 Å². The Kier molecular flexibility index (Phi) is 9.80. The standard InChI is InChI=1S/C27H34N6O4S/c1-27(2,3)37-26(36)31-23-9-7-6-8-22(23)30-24(34)19-10-11-20(28-16-19)17-33(14-13-32(4)5)25(35)29-21-12-15-38-18-21/h6-12,15-16,18H,13-14,17H2,1-5H3,(H,29,35)(H,30,34)(H,31,36). The number of urea groups is 1. The summed E-state index contributed by atoms with van der Waals surface area (Å²) in [6.07, 6.45) is 0.849. The Hall–Kier alpha value is -3.96. The molecule has 10 nitrogen and oxygen atoms in total. The van der Waals surface area contributed by atoms with Gasteiger partial charge in [-0.15, -0.1) is 0 Å². The second-order valence-electron chi connectivity index (χ2n) is 9.83. The average Bonchev–Trinajstić information content (AvgIpc) is 3.35. The zero-order chi connectivity index (χ0) is 27.7. The van der Waals surface area contributed by atoms with E-state index in [9.17, 15) is 14.4 Å². The van der Waals surface area contributed by atoms with E-state index in [1.807, 2.05) is 35.8 Å². The van der Waals surface area contributed by atoms with Gasteiger partial charge < -0.3 is 25.2 Å². The quantitative estimate of drug-likeness (QED) is 0.339. The lowest BCUT2D eigenvalue weighted by atomic mass is 10.2. The van der Waals surface area contributed by atoms with E-state index in [4.69, 9.17) is 4.74 Å². The first kappa shape index (κ1) is 28.6. The van der Waals surface area contributed by atoms with E-state index in [-0.39, 0.29) is 18.5 Å². The fourth-order valence-corrected chi connectivity index (χ4v) is 3.86. The number of hydrogen-bond donors (Lipinski definition) is 3. The average molecular weight is 539 g/mol. The normalized spacial score (nSPS) is 11.1. The van der Waals surface area contributed by atoms with E-state index in [0.717, 1.165) is 5.69 Å². The number of anilines is 3. The first-order chi connectivity index (χ1) is 18.0. The van der Waals surface area contributed by atoms with Crippen LogP contribution in [0.1, 0.15) is 36.8 Å². The Labute approximate surface area is 227 Å². The lowest BCUT2D eigenvalue weighted by Crippen LogP contribution is -2.39. The molecule has 1 aromatic carbocycles. The maximum Gasteiger partial charge on any atom is 0.412 e. The predicted octanol–water partition coefficient (Wildman–Crippen LogP) is 5.34. The lowest BCUT2D eigenvalue weighted by molar-refractivity contribution is 0.0635. The number of benzene rings is 1. The predicted molar refractivity (Wildman–Crippen MR) is 151 cm³/mol. The highest BCUT2D eigenvalue weighted by Gasteiger charge is 2.19. The Morgan fingerprint density at radius 1 is 0.947 bits per heavy atom. The molecule has 0 fully saturated rings. The Morgan fingerprint density at radius 3 is 2.24 bits per heavy atom. The molecule has 0 bridgehead atoms. The van der Waals surface area contributed by atoms with Gasteiger partial charge in [0.15, 0.2) is 0 Å². The molecular weight excluding hydrogens is 504 g/mol. The van der Waals surface area contributed by atoms with Crippen LogP contribution in [0, 0.1) is 0 Å². The van der Waals surface area contributed by atoms with E-state index in [2.05, 4.69) is 20.9 Å². The lowest BCUT2D eigenvalue weighted by Gasteiger charge is -2.24. The summed E-state index contributed by atoms with van der Waals surface area (Å²) in [5.74, 6) is -0.387. The number of hydrogen-bond acceptors (Lipinski definition) is 7. The number of para-hydroxylation sites is 2. The highest BCUT2D eigenvalue weighted by molar-refractivity contribution is 7.08. The SMILES string of the molecule is CN(C)CCN(Cc1ccc(C(=O)Nc2ccccc2NC(=O)OC(C)(C)C)cn1)C(=O)Nc1ccsc1. The van der Waals surface area contributed by atoms with Gasteiger partial charge in [0.1, 0.15) is 5.60 Å². The number of amides is 4. The molecule has 3 N–H and O–H groups in total. The fourth-order valence-electron chi connectivity index (χ4n) is 3.27. The van der Waals surface area contributed by atoms with Crippen molar-refractivity contribution in [2.45, 2.75) is 32.9 Å². The van der Waals surface area contributed by atoms with Crippen LogP contribution in [0.25, 0.3) is 0 Å². The van der Waals surface area contributed by atoms with Crippen molar-refractivity contribution >= 4 is 46.4 Å². The highest BCUT2D eigenvalue weighted by atomic mass is 32.1. The molecule has 0 unspecified atom stereocenters. The van der Waals surface area contributed by atoms with Crippen LogP contribution in [0.2, 0.25) is 0 Å². The molecule has 0 saturated heterocycles. The fraction of sp³-hybridized carbons (Fsp3) is 0.333. The topological polar surface area (TPSA) is 116 Å². The number of carbonyl (C=O) groups is 3. The molecule has 0 aliphatic rings. The third-order valence-electron chi connectivity index (χ3n) is 5.13. The molecule has 0 radical (unpaired) electrons. The van der Waals surface area contributed by atoms with Crippen molar-refractivity contribution in [3.05, 3.63) is 70.7 Å². The minimum Gasteiger partial charge on any atom is -0.444 e. The second-order valence-corrected chi connectivity index (χ2v) is 10.6. The van der Waals surface area contributed by atoms with Gasteiger partial charge in [-0.05, 0) is 70.6 Å². The van der Waals surface area contributed by atoms with Crippen LogP contribution in [0.3, 0.4) is 0 Å². The van der Waals surface area contributed by atoms with Crippen LogP contribution in [0.4, 0.5) is 26.7 Å². The molecule has 202 valence electrons. The van der Waals surface area contributed by atoms with Crippen LogP contribution in [0.5, 0.6) is 0 Å². The maximum atomic E-state index is 12.9. The van der Waals surface area contributed by atoms with Gasteiger partial charge in [-0.25, -0.2) is 9.59 Å². The number of nitrogens with one attached hydrogen (secondary N) is 3. The van der Waals surface area contributed by atoms with Crippen molar-refractivity contribution in [3.8, 4) is 0 Å². The molecule has 11 heteroatoms. The highest BCUT2D eigenvalue weighted by Crippen LogP contribution is 2.23. The Bertz CT molecular complexity index is 1220. The first-order valence-electron chi connectivity index (χ1n) is 12.1. The number of carbonyl (C=O) groups excluding carboxylic acids is 3. The molecule has 2 heterocycles. The summed E-state index contributed by atoms with van der Waals surface area (Å²) in [5, 5.41) is 12.1. The van der Waals surface area contributed by atoms with Crippen LogP contribution < -0.4 is 16.0 Å². The number of thiophene rings is 1. The Balaban J connectivity index is 1.66. The molecule has 0 aliphatic carbocycles. The maximum absolute atomic E-state index is 12.9. The number of aromatic nitrogens is 1. The second kappa shape index (κ2) is 13.0. The summed E-state index contributed by atoms with van der Waals surface area (Å²) < 4.78 is 5.30. The van der Waals surface area contributed by atoms with Gasteiger partial charge in [-0.2, -0.15) is 11.3 Å². The van der Waals surface area contributed by atoms with Gasteiger partial charge in [-0.3, -0.25) is 15.1 Å². The molecule has 0 aliphatic heterocycles. The Morgan fingerprint density at radius 2 is 1.66 bits per heavy atom. The minimum absolute atomic E-state index is 0.219. The van der Waals surface area contributed by atoms with E-state index in [1.54, 1.807) is 62.1 Å². The number of nitrogens with zero attached hydrogens (tertiary/aromatic N) is 3. The molecule has 38 heavy (non-hydrogen) atoms. The van der Waals surface area contributed by atoms with Gasteiger partial charge in [-0.1, -0.05) is 12.1 Å². The van der Waals surface area contributed by atoms with Crippen molar-refractivity contribution in [2.24, 2.45) is 0 Å². The van der Waals surface area contributed by atoms with Gasteiger partial charge >= 0.3 is 12.1 Å². The van der Waals surface area contributed by atoms with Crippen molar-refractivity contribution in [1.82, 2.24) is 14.8 Å². The smallest absolute Gasteiger partial charge is 0.412 e. The van der Waals surface area contributed by atoms with Crippen molar-refractivity contribution in [3.63, 3.8) is 0 Å². The molecule has 4 amide bonds. The zero-order valence-corrected chi connectivity index (χ0v) is 23.1. The first-order valence-corrected chi connectivity index (χ1v) is 13.0. The van der Waals surface area contributed by atoms with Gasteiger partial charge in [0.05, 0.1) is 34.9 Å². The van der Waals surface area contributed by atoms with Gasteiger partial charge in [0.25, 0.3) is 5.91 Å². The third kappa shape index (κ3) is 9.16. The largest absolute Gasteiger partial charge is 0.444 e. The molecule has 0 atom stereocenters. The molecule has 3 aromatic rings. The summed E-state index contributed by atoms with van der Waals surface area (Å²) in [6, 6.07) is 11.9. The van der Waals surface area contributed by atoms with E-state index >= 15 is 0 Å². The number of ether oxygens (including phenoxy) is 1. The van der Waals surface area contributed by atoms with E-state index < -0.39 is 11.7 Å². The van der Waals surface area contributed by atoms with Gasteiger partial charge in [0.2, 0.25) is 0 Å². The summed E-state index contributed by atoms with van der Waals surface area (Å²) in [4.78, 5) is 46.1.